The van der Waals surface area contributed by atoms with Crippen molar-refractivity contribution in [3.05, 3.63) is 84.6 Å². The number of carbonyl (C=O) groups is 1. The molecule has 0 unspecified atom stereocenters. The molecule has 3 N–H and O–H groups in total. The van der Waals surface area contributed by atoms with Crippen LogP contribution in [0.5, 0.6) is 23.0 Å². The Bertz CT molecular complexity index is 1650. The summed E-state index contributed by atoms with van der Waals surface area (Å²) in [4.78, 5) is 21.2. The van der Waals surface area contributed by atoms with Gasteiger partial charge in [-0.2, -0.15) is 0 Å². The van der Waals surface area contributed by atoms with Crippen LogP contribution in [-0.4, -0.2) is 36.4 Å². The zero-order valence-electron chi connectivity index (χ0n) is 22.0. The number of aromatic nitrogens is 3. The SMILES string of the molecule is Cc1cc(-c2nc3cccnc3n2-c2ccc(Oc3ccc(NC(=O)OC(C)(C)C)cc3)cc2)c(O)cc1O. The molecular weight excluding hydrogens is 496 g/mol. The van der Waals surface area contributed by atoms with Gasteiger partial charge in [-0.15, -0.1) is 0 Å². The summed E-state index contributed by atoms with van der Waals surface area (Å²) in [5.74, 6) is 1.61. The maximum absolute atomic E-state index is 12.0. The van der Waals surface area contributed by atoms with Gasteiger partial charge in [0.15, 0.2) is 11.5 Å². The molecule has 0 bridgehead atoms. The van der Waals surface area contributed by atoms with Crippen molar-refractivity contribution >= 4 is 22.9 Å². The molecule has 9 nitrogen and oxygen atoms in total. The van der Waals surface area contributed by atoms with Gasteiger partial charge in [-0.05, 0) is 100.0 Å². The van der Waals surface area contributed by atoms with Crippen molar-refractivity contribution in [3.63, 3.8) is 0 Å². The van der Waals surface area contributed by atoms with Gasteiger partial charge in [0, 0.05) is 23.6 Å². The minimum absolute atomic E-state index is 0.00666. The number of rotatable bonds is 5. The van der Waals surface area contributed by atoms with Gasteiger partial charge in [-0.3, -0.25) is 9.88 Å². The van der Waals surface area contributed by atoms with Crippen LogP contribution in [0.25, 0.3) is 28.2 Å². The monoisotopic (exact) mass is 524 g/mol. The number of nitrogens with zero attached hydrogens (tertiary/aromatic N) is 3. The molecule has 0 spiro atoms. The average molecular weight is 525 g/mol. The average Bonchev–Trinajstić information content (AvgIpc) is 3.26. The highest BCUT2D eigenvalue weighted by atomic mass is 16.6. The largest absolute Gasteiger partial charge is 0.508 e. The maximum atomic E-state index is 12.0. The number of fused-ring (bicyclic) bond motifs is 1. The van der Waals surface area contributed by atoms with Crippen molar-refractivity contribution in [2.75, 3.05) is 5.32 Å². The Hall–Kier alpha value is -5.05. The predicted molar refractivity (Wildman–Crippen MR) is 149 cm³/mol. The van der Waals surface area contributed by atoms with Crippen LogP contribution in [0.1, 0.15) is 26.3 Å². The second-order valence-electron chi connectivity index (χ2n) is 10.0. The lowest BCUT2D eigenvalue weighted by molar-refractivity contribution is 0.0636. The lowest BCUT2D eigenvalue weighted by Gasteiger charge is -2.19. The van der Waals surface area contributed by atoms with Crippen LogP contribution in [-0.2, 0) is 4.74 Å². The first kappa shape index (κ1) is 25.6. The van der Waals surface area contributed by atoms with E-state index in [1.54, 1.807) is 70.3 Å². The second-order valence-corrected chi connectivity index (χ2v) is 10.0. The predicted octanol–water partition coefficient (Wildman–Crippen LogP) is 6.95. The normalized spacial score (nSPS) is 11.4. The number of phenols is 2. The lowest BCUT2D eigenvalue weighted by atomic mass is 10.1. The van der Waals surface area contributed by atoms with Crippen molar-refractivity contribution in [2.24, 2.45) is 0 Å². The molecule has 0 fully saturated rings. The minimum Gasteiger partial charge on any atom is -0.508 e. The highest BCUT2D eigenvalue weighted by Gasteiger charge is 2.19. The molecule has 5 rings (SSSR count). The smallest absolute Gasteiger partial charge is 0.412 e. The van der Waals surface area contributed by atoms with Crippen molar-refractivity contribution in [3.8, 4) is 40.1 Å². The van der Waals surface area contributed by atoms with E-state index in [1.807, 2.05) is 34.9 Å². The molecule has 3 aromatic carbocycles. The van der Waals surface area contributed by atoms with Gasteiger partial charge in [0.25, 0.3) is 0 Å². The standard InChI is InChI=1S/C30H28N4O5/c1-18-16-23(26(36)17-25(18)35)27-33-24-6-5-15-31-28(24)34(27)20-9-13-22(14-10-20)38-21-11-7-19(8-12-21)32-29(37)39-30(2,3)4/h5-17,35-36H,1-4H3,(H,32,37). The van der Waals surface area contributed by atoms with Crippen molar-refractivity contribution < 1.29 is 24.5 Å². The van der Waals surface area contributed by atoms with Gasteiger partial charge in [0.2, 0.25) is 0 Å². The van der Waals surface area contributed by atoms with Gasteiger partial charge >= 0.3 is 6.09 Å². The van der Waals surface area contributed by atoms with Crippen molar-refractivity contribution in [2.45, 2.75) is 33.3 Å². The summed E-state index contributed by atoms with van der Waals surface area (Å²) < 4.78 is 13.1. The van der Waals surface area contributed by atoms with Crippen LogP contribution in [0.15, 0.2) is 79.0 Å². The van der Waals surface area contributed by atoms with E-state index in [0.717, 1.165) is 5.69 Å². The highest BCUT2D eigenvalue weighted by molar-refractivity contribution is 5.85. The maximum Gasteiger partial charge on any atom is 0.412 e. The lowest BCUT2D eigenvalue weighted by Crippen LogP contribution is -2.27. The Labute approximate surface area is 225 Å². The van der Waals surface area contributed by atoms with Gasteiger partial charge in [-0.1, -0.05) is 0 Å². The molecule has 2 heterocycles. The molecule has 1 amide bonds. The van der Waals surface area contributed by atoms with Crippen LogP contribution in [0.3, 0.4) is 0 Å². The summed E-state index contributed by atoms with van der Waals surface area (Å²) in [5, 5.41) is 23.3. The number of hydrogen-bond acceptors (Lipinski definition) is 7. The fourth-order valence-electron chi connectivity index (χ4n) is 4.03. The summed E-state index contributed by atoms with van der Waals surface area (Å²) >= 11 is 0. The number of imidazole rings is 1. The molecule has 9 heteroatoms. The first-order valence-corrected chi connectivity index (χ1v) is 12.3. The molecule has 2 aromatic heterocycles. The van der Waals surface area contributed by atoms with E-state index in [2.05, 4.69) is 10.3 Å². The fraction of sp³-hybridized carbons (Fsp3) is 0.167. The third-order valence-electron chi connectivity index (χ3n) is 5.80. The summed E-state index contributed by atoms with van der Waals surface area (Å²) in [5.41, 5.74) is 3.15. The number of aryl methyl sites for hydroxylation is 1. The number of ether oxygens (including phenoxy) is 2. The summed E-state index contributed by atoms with van der Waals surface area (Å²) in [6.07, 6.45) is 1.16. The Morgan fingerprint density at radius 3 is 2.26 bits per heavy atom. The first-order chi connectivity index (χ1) is 18.6. The van der Waals surface area contributed by atoms with E-state index in [4.69, 9.17) is 14.5 Å². The zero-order valence-corrected chi connectivity index (χ0v) is 22.0. The summed E-state index contributed by atoms with van der Waals surface area (Å²) in [7, 11) is 0. The number of amides is 1. The quantitative estimate of drug-likeness (QED) is 0.228. The van der Waals surface area contributed by atoms with Crippen LogP contribution in [0.2, 0.25) is 0 Å². The van der Waals surface area contributed by atoms with E-state index in [9.17, 15) is 15.0 Å². The number of phenolic OH excluding ortho intramolecular Hbond substituents is 2. The number of carbonyl (C=O) groups excluding carboxylic acids is 1. The molecule has 0 aliphatic carbocycles. The zero-order chi connectivity index (χ0) is 27.7. The molecule has 198 valence electrons. The molecule has 0 radical (unpaired) electrons. The third kappa shape index (κ3) is 5.62. The Morgan fingerprint density at radius 1 is 0.923 bits per heavy atom. The van der Waals surface area contributed by atoms with Gasteiger partial charge in [0.05, 0.1) is 5.56 Å². The number of nitrogens with one attached hydrogen (secondary N) is 1. The van der Waals surface area contributed by atoms with Crippen molar-refractivity contribution in [1.29, 1.82) is 0 Å². The van der Waals surface area contributed by atoms with Gasteiger partial charge < -0.3 is 19.7 Å². The van der Waals surface area contributed by atoms with Crippen LogP contribution in [0.4, 0.5) is 10.5 Å². The Kier molecular flexibility index (Phi) is 6.57. The van der Waals surface area contributed by atoms with Crippen LogP contribution >= 0.6 is 0 Å². The number of anilines is 1. The summed E-state index contributed by atoms with van der Waals surface area (Å²) in [6.45, 7) is 7.18. The number of aromatic hydroxyl groups is 2. The summed E-state index contributed by atoms with van der Waals surface area (Å²) in [6, 6.07) is 21.0. The highest BCUT2D eigenvalue weighted by Crippen LogP contribution is 2.37. The molecule has 39 heavy (non-hydrogen) atoms. The van der Waals surface area contributed by atoms with Gasteiger partial charge in [-0.25, -0.2) is 14.8 Å². The minimum atomic E-state index is -0.581. The van der Waals surface area contributed by atoms with E-state index in [1.165, 1.54) is 6.07 Å². The van der Waals surface area contributed by atoms with Crippen molar-refractivity contribution in [1.82, 2.24) is 14.5 Å². The number of pyridine rings is 1. The molecule has 0 saturated heterocycles. The number of benzene rings is 3. The third-order valence-corrected chi connectivity index (χ3v) is 5.80. The van der Waals surface area contributed by atoms with Crippen LogP contribution < -0.4 is 10.1 Å². The molecular formula is C30H28N4O5. The van der Waals surface area contributed by atoms with E-state index in [0.29, 0.717) is 45.3 Å². The van der Waals surface area contributed by atoms with Crippen LogP contribution in [0, 0.1) is 6.92 Å². The first-order valence-electron chi connectivity index (χ1n) is 12.3. The molecule has 0 saturated carbocycles. The Morgan fingerprint density at radius 2 is 1.59 bits per heavy atom. The molecule has 0 aliphatic rings. The molecule has 5 aromatic rings. The number of hydrogen-bond donors (Lipinski definition) is 3. The van der Waals surface area contributed by atoms with E-state index < -0.39 is 11.7 Å². The molecule has 0 aliphatic heterocycles. The second kappa shape index (κ2) is 10.0. The topological polar surface area (TPSA) is 119 Å². The Balaban J connectivity index is 1.40. The fourth-order valence-corrected chi connectivity index (χ4v) is 4.03. The van der Waals surface area contributed by atoms with E-state index >= 15 is 0 Å². The van der Waals surface area contributed by atoms with Gasteiger partial charge in [0.1, 0.15) is 34.1 Å². The molecule has 0 atom stereocenters. The van der Waals surface area contributed by atoms with E-state index in [-0.39, 0.29) is 11.5 Å².